The topological polar surface area (TPSA) is 12.4 Å². The van der Waals surface area contributed by atoms with Crippen molar-refractivity contribution in [2.45, 2.75) is 14.4 Å². The van der Waals surface area contributed by atoms with Gasteiger partial charge >= 0.3 is 0 Å². The average molecular weight is 149 g/mol. The fraction of sp³-hybridized carbons (Fsp3) is 0.300. The number of hydrogen-bond acceptors (Lipinski definition) is 1. The molecule has 0 fully saturated rings. The van der Waals surface area contributed by atoms with Gasteiger partial charge in [-0.15, -0.1) is 0 Å². The number of benzene rings is 1. The van der Waals surface area contributed by atoms with Gasteiger partial charge in [0.1, 0.15) is 0 Å². The van der Waals surface area contributed by atoms with E-state index in [1.807, 2.05) is 43.5 Å². The molecular formula is C10H15N. The first kappa shape index (κ1) is 9.89. The molecule has 1 rings (SSSR count). The lowest BCUT2D eigenvalue weighted by Gasteiger charge is -1.87. The maximum Gasteiger partial charge on any atom is 0.0361 e. The van der Waals surface area contributed by atoms with Gasteiger partial charge in [-0.2, -0.15) is 0 Å². The standard InChI is InChI=1S/C9H11N.CH4/c1-2-10-8-9-6-4-3-5-7-9;/h3-8H,2H2,1H3;1H4. The molecular weight excluding hydrogens is 134 g/mol. The molecule has 1 aromatic carbocycles. The van der Waals surface area contributed by atoms with Gasteiger partial charge in [-0.05, 0) is 12.5 Å². The lowest BCUT2D eigenvalue weighted by atomic mass is 10.2. The summed E-state index contributed by atoms with van der Waals surface area (Å²) in [6.07, 6.45) is 1.89. The van der Waals surface area contributed by atoms with Crippen molar-refractivity contribution in [2.24, 2.45) is 4.99 Å². The fourth-order valence-corrected chi connectivity index (χ4v) is 0.736. The van der Waals surface area contributed by atoms with E-state index < -0.39 is 0 Å². The molecule has 0 spiro atoms. The Labute approximate surface area is 68.8 Å². The van der Waals surface area contributed by atoms with Crippen LogP contribution < -0.4 is 0 Å². The van der Waals surface area contributed by atoms with Gasteiger partial charge < -0.3 is 0 Å². The molecule has 0 atom stereocenters. The Bertz CT molecular complexity index is 201. The van der Waals surface area contributed by atoms with Crippen LogP contribution in [0.1, 0.15) is 19.9 Å². The largest absolute Gasteiger partial charge is 0.293 e. The van der Waals surface area contributed by atoms with Gasteiger partial charge in [-0.1, -0.05) is 37.8 Å². The highest BCUT2D eigenvalue weighted by molar-refractivity contribution is 5.79. The molecule has 0 radical (unpaired) electrons. The summed E-state index contributed by atoms with van der Waals surface area (Å²) >= 11 is 0. The zero-order chi connectivity index (χ0) is 7.23. The zero-order valence-corrected chi connectivity index (χ0v) is 6.12. The Balaban J connectivity index is 0.000001000. The second-order valence-electron chi connectivity index (χ2n) is 2.04. The third-order valence-electron chi connectivity index (χ3n) is 1.22. The Hall–Kier alpha value is -1.11. The van der Waals surface area contributed by atoms with E-state index >= 15 is 0 Å². The molecule has 0 N–H and O–H groups in total. The molecule has 0 heterocycles. The molecule has 0 aliphatic heterocycles. The minimum atomic E-state index is 0. The van der Waals surface area contributed by atoms with Crippen LogP contribution in [-0.2, 0) is 0 Å². The summed E-state index contributed by atoms with van der Waals surface area (Å²) in [5.74, 6) is 0. The van der Waals surface area contributed by atoms with Crippen molar-refractivity contribution in [3.8, 4) is 0 Å². The maximum absolute atomic E-state index is 4.12. The van der Waals surface area contributed by atoms with Gasteiger partial charge in [0.15, 0.2) is 0 Å². The molecule has 0 aliphatic rings. The Morgan fingerprint density at radius 1 is 1.27 bits per heavy atom. The minimum Gasteiger partial charge on any atom is -0.293 e. The van der Waals surface area contributed by atoms with Crippen LogP contribution in [0.25, 0.3) is 0 Å². The van der Waals surface area contributed by atoms with Crippen LogP contribution in [0.4, 0.5) is 0 Å². The molecule has 0 unspecified atom stereocenters. The summed E-state index contributed by atoms with van der Waals surface area (Å²) in [6, 6.07) is 10.1. The van der Waals surface area contributed by atoms with Gasteiger partial charge in [0.05, 0.1) is 0 Å². The van der Waals surface area contributed by atoms with E-state index in [9.17, 15) is 0 Å². The smallest absolute Gasteiger partial charge is 0.0361 e. The first-order chi connectivity index (χ1) is 4.93. The number of nitrogens with zero attached hydrogens (tertiary/aromatic N) is 1. The molecule has 1 nitrogen and oxygen atoms in total. The molecule has 0 bridgehead atoms. The molecule has 11 heavy (non-hydrogen) atoms. The van der Waals surface area contributed by atoms with E-state index in [0.29, 0.717) is 0 Å². The molecule has 1 heteroatoms. The fourth-order valence-electron chi connectivity index (χ4n) is 0.736. The Kier molecular flexibility index (Phi) is 5.09. The molecule has 0 amide bonds. The van der Waals surface area contributed by atoms with Crippen LogP contribution in [0, 0.1) is 0 Å². The molecule has 0 saturated heterocycles. The molecule has 0 aromatic heterocycles. The highest BCUT2D eigenvalue weighted by atomic mass is 14.7. The number of hydrogen-bond donors (Lipinski definition) is 0. The summed E-state index contributed by atoms with van der Waals surface area (Å²) in [4.78, 5) is 4.12. The van der Waals surface area contributed by atoms with Crippen molar-refractivity contribution >= 4 is 6.21 Å². The van der Waals surface area contributed by atoms with E-state index in [4.69, 9.17) is 0 Å². The predicted molar refractivity (Wildman–Crippen MR) is 51.3 cm³/mol. The molecule has 0 aliphatic carbocycles. The second-order valence-corrected chi connectivity index (χ2v) is 2.04. The Morgan fingerprint density at radius 2 is 1.91 bits per heavy atom. The molecule has 60 valence electrons. The van der Waals surface area contributed by atoms with E-state index in [1.54, 1.807) is 0 Å². The maximum atomic E-state index is 4.12. The third kappa shape index (κ3) is 3.56. The first-order valence-corrected chi connectivity index (χ1v) is 3.48. The van der Waals surface area contributed by atoms with Gasteiger partial charge in [0.2, 0.25) is 0 Å². The Morgan fingerprint density at radius 3 is 2.45 bits per heavy atom. The summed E-state index contributed by atoms with van der Waals surface area (Å²) in [5, 5.41) is 0. The van der Waals surface area contributed by atoms with Crippen molar-refractivity contribution < 1.29 is 0 Å². The van der Waals surface area contributed by atoms with Crippen LogP contribution in [-0.4, -0.2) is 12.8 Å². The van der Waals surface area contributed by atoms with E-state index in [-0.39, 0.29) is 7.43 Å². The van der Waals surface area contributed by atoms with Gasteiger partial charge in [0.25, 0.3) is 0 Å². The summed E-state index contributed by atoms with van der Waals surface area (Å²) in [5.41, 5.74) is 1.17. The molecule has 0 saturated carbocycles. The van der Waals surface area contributed by atoms with Crippen molar-refractivity contribution in [1.29, 1.82) is 0 Å². The number of aliphatic imine (C=N–C) groups is 1. The minimum absolute atomic E-state index is 0. The molecule has 1 aromatic rings. The van der Waals surface area contributed by atoms with Crippen LogP contribution in [0.15, 0.2) is 35.3 Å². The van der Waals surface area contributed by atoms with Crippen LogP contribution >= 0.6 is 0 Å². The SMILES string of the molecule is C.CCN=Cc1ccccc1. The van der Waals surface area contributed by atoms with Gasteiger partial charge in [0, 0.05) is 12.8 Å². The monoisotopic (exact) mass is 149 g/mol. The third-order valence-corrected chi connectivity index (χ3v) is 1.22. The van der Waals surface area contributed by atoms with Crippen molar-refractivity contribution in [3.05, 3.63) is 35.9 Å². The summed E-state index contributed by atoms with van der Waals surface area (Å²) in [7, 11) is 0. The van der Waals surface area contributed by atoms with E-state index in [2.05, 4.69) is 4.99 Å². The lowest BCUT2D eigenvalue weighted by Crippen LogP contribution is -1.78. The summed E-state index contributed by atoms with van der Waals surface area (Å²) < 4.78 is 0. The summed E-state index contributed by atoms with van der Waals surface area (Å²) in [6.45, 7) is 2.88. The predicted octanol–water partition coefficient (Wildman–Crippen LogP) is 2.76. The normalized spacial score (nSPS) is 9.55. The van der Waals surface area contributed by atoms with Gasteiger partial charge in [-0.25, -0.2) is 0 Å². The van der Waals surface area contributed by atoms with E-state index in [0.717, 1.165) is 6.54 Å². The second kappa shape index (κ2) is 5.66. The van der Waals surface area contributed by atoms with Crippen LogP contribution in [0.3, 0.4) is 0 Å². The number of rotatable bonds is 2. The van der Waals surface area contributed by atoms with Crippen molar-refractivity contribution in [2.75, 3.05) is 6.54 Å². The highest BCUT2D eigenvalue weighted by Gasteiger charge is 1.80. The highest BCUT2D eigenvalue weighted by Crippen LogP contribution is 1.93. The van der Waals surface area contributed by atoms with Crippen molar-refractivity contribution in [1.82, 2.24) is 0 Å². The zero-order valence-electron chi connectivity index (χ0n) is 6.12. The van der Waals surface area contributed by atoms with Crippen LogP contribution in [0.5, 0.6) is 0 Å². The van der Waals surface area contributed by atoms with Crippen molar-refractivity contribution in [3.63, 3.8) is 0 Å². The van der Waals surface area contributed by atoms with Crippen LogP contribution in [0.2, 0.25) is 0 Å². The lowest BCUT2D eigenvalue weighted by molar-refractivity contribution is 1.14. The van der Waals surface area contributed by atoms with Gasteiger partial charge in [-0.3, -0.25) is 4.99 Å². The quantitative estimate of drug-likeness (QED) is 0.573. The average Bonchev–Trinajstić information content (AvgIpc) is 2.03. The first-order valence-electron chi connectivity index (χ1n) is 3.48. The van der Waals surface area contributed by atoms with E-state index in [1.165, 1.54) is 5.56 Å².